The molecule has 0 radical (unpaired) electrons. The van der Waals surface area contributed by atoms with Crippen molar-refractivity contribution in [3.8, 4) is 0 Å². The van der Waals surface area contributed by atoms with Crippen LogP contribution in [-0.2, 0) is 14.3 Å². The lowest BCUT2D eigenvalue weighted by atomic mass is 9.59. The number of carbonyl (C=O) groups excluding carboxylic acids is 3. The second-order valence-electron chi connectivity index (χ2n) is 12.7. The number of ether oxygens (including phenoxy) is 2. The number of rotatable bonds is 5. The zero-order valence-corrected chi connectivity index (χ0v) is 23.7. The molecule has 6 rings (SSSR count). The number of carbonyl (C=O) groups is 3. The van der Waals surface area contributed by atoms with Crippen LogP contribution < -0.4 is 0 Å². The molecular formula is C34H36O7. The zero-order chi connectivity index (χ0) is 29.3. The van der Waals surface area contributed by atoms with E-state index >= 15 is 0 Å². The summed E-state index contributed by atoms with van der Waals surface area (Å²) in [6, 6.07) is 17.3. The highest BCUT2D eigenvalue weighted by Crippen LogP contribution is 2.72. The van der Waals surface area contributed by atoms with Crippen molar-refractivity contribution >= 4 is 17.7 Å². The number of allylic oxidation sites excluding steroid dienone is 1. The van der Waals surface area contributed by atoms with E-state index in [1.807, 2.05) is 13.0 Å². The van der Waals surface area contributed by atoms with E-state index in [2.05, 4.69) is 6.92 Å². The van der Waals surface area contributed by atoms with Gasteiger partial charge in [-0.2, -0.15) is 0 Å². The van der Waals surface area contributed by atoms with Gasteiger partial charge in [-0.15, -0.1) is 0 Å². The van der Waals surface area contributed by atoms with Crippen molar-refractivity contribution in [2.45, 2.75) is 51.9 Å². The van der Waals surface area contributed by atoms with E-state index in [4.69, 9.17) is 9.47 Å². The Balaban J connectivity index is 1.33. The Morgan fingerprint density at radius 3 is 2.15 bits per heavy atom. The van der Waals surface area contributed by atoms with Crippen LogP contribution in [0.15, 0.2) is 84.0 Å². The Morgan fingerprint density at radius 2 is 1.54 bits per heavy atom. The van der Waals surface area contributed by atoms with Gasteiger partial charge in [0.1, 0.15) is 6.10 Å². The first-order valence-corrected chi connectivity index (χ1v) is 14.3. The molecule has 7 heteroatoms. The lowest BCUT2D eigenvalue weighted by molar-refractivity contribution is -0.190. The van der Waals surface area contributed by atoms with Crippen LogP contribution in [0.2, 0.25) is 0 Å². The molecule has 0 saturated heterocycles. The lowest BCUT2D eigenvalue weighted by Crippen LogP contribution is -2.65. The summed E-state index contributed by atoms with van der Waals surface area (Å²) < 4.78 is 11.7. The normalized spacial score (nSPS) is 38.8. The first-order chi connectivity index (χ1) is 19.5. The molecule has 0 heterocycles. The summed E-state index contributed by atoms with van der Waals surface area (Å²) in [5, 5.41) is 24.2. The smallest absolute Gasteiger partial charge is 0.338 e. The number of hydrogen-bond donors (Lipinski definition) is 2. The third-order valence-corrected chi connectivity index (χ3v) is 10.4. The predicted molar refractivity (Wildman–Crippen MR) is 151 cm³/mol. The fourth-order valence-corrected chi connectivity index (χ4v) is 8.23. The second-order valence-corrected chi connectivity index (χ2v) is 12.7. The molecule has 2 N–H and O–H groups in total. The van der Waals surface area contributed by atoms with Gasteiger partial charge in [-0.25, -0.2) is 9.59 Å². The Labute approximate surface area is 239 Å². The molecule has 0 unspecified atom stereocenters. The van der Waals surface area contributed by atoms with Crippen molar-refractivity contribution in [1.82, 2.24) is 0 Å². The van der Waals surface area contributed by atoms with Gasteiger partial charge in [0.2, 0.25) is 0 Å². The fraction of sp³-hybridized carbons (Fsp3) is 0.441. The van der Waals surface area contributed by atoms with Gasteiger partial charge < -0.3 is 19.7 Å². The first-order valence-electron chi connectivity index (χ1n) is 14.3. The summed E-state index contributed by atoms with van der Waals surface area (Å²) in [7, 11) is 0. The van der Waals surface area contributed by atoms with Crippen LogP contribution in [0.5, 0.6) is 0 Å². The van der Waals surface area contributed by atoms with Crippen molar-refractivity contribution < 1.29 is 34.1 Å². The standard InChI is InChI=1S/C34H36O7/c1-19-15-24-26-25(32(26,4)18-40-30(37)22-11-7-5-8-12-22)16-21(3)33(28(24)36)17-20(2)29(34(33,39)27(19)35)41-31(38)23-13-9-6-10-14-23/h5-15,17,21,24-27,29,35,39H,16,18H2,1-4H3/t21-,24-,25-,26+,27-,29+,32-,33+,34+/m1/s1. The molecule has 0 aliphatic heterocycles. The van der Waals surface area contributed by atoms with E-state index in [-0.39, 0.29) is 30.1 Å². The van der Waals surface area contributed by atoms with E-state index < -0.39 is 46.5 Å². The van der Waals surface area contributed by atoms with Crippen LogP contribution in [0, 0.1) is 34.5 Å². The van der Waals surface area contributed by atoms with E-state index in [1.54, 1.807) is 80.6 Å². The maximum atomic E-state index is 14.7. The summed E-state index contributed by atoms with van der Waals surface area (Å²) in [5.74, 6) is -2.25. The van der Waals surface area contributed by atoms with E-state index in [9.17, 15) is 24.6 Å². The van der Waals surface area contributed by atoms with Gasteiger partial charge in [-0.1, -0.05) is 62.4 Å². The van der Waals surface area contributed by atoms with Crippen molar-refractivity contribution in [1.29, 1.82) is 0 Å². The highest BCUT2D eigenvalue weighted by molar-refractivity contribution is 5.96. The SMILES string of the molecule is CC1=C[C@H]2C(=O)[C@]3(C=C(C)[C@H](OC(=O)c4ccccc4)[C@@]3(O)[C@@H]1O)[C@H](C)C[C@@H]1[C@H]2[C@]1(C)COC(=O)c1ccccc1. The summed E-state index contributed by atoms with van der Waals surface area (Å²) in [5.41, 5.74) is -2.16. The van der Waals surface area contributed by atoms with Crippen LogP contribution >= 0.6 is 0 Å². The van der Waals surface area contributed by atoms with E-state index in [0.29, 0.717) is 28.7 Å². The van der Waals surface area contributed by atoms with Gasteiger partial charge in [0.05, 0.1) is 23.1 Å². The van der Waals surface area contributed by atoms with Gasteiger partial charge in [0.15, 0.2) is 17.5 Å². The molecule has 2 aromatic rings. The minimum absolute atomic E-state index is 0.0672. The monoisotopic (exact) mass is 556 g/mol. The van der Waals surface area contributed by atoms with Gasteiger partial charge >= 0.3 is 11.9 Å². The van der Waals surface area contributed by atoms with Crippen molar-refractivity contribution in [2.75, 3.05) is 6.61 Å². The molecule has 2 aromatic carbocycles. The number of esters is 2. The number of hydrogen-bond acceptors (Lipinski definition) is 7. The summed E-state index contributed by atoms with van der Waals surface area (Å²) in [4.78, 5) is 40.5. The maximum absolute atomic E-state index is 14.7. The summed E-state index contributed by atoms with van der Waals surface area (Å²) in [6.07, 6.45) is 1.48. The quantitative estimate of drug-likeness (QED) is 0.411. The Morgan fingerprint density at radius 1 is 0.951 bits per heavy atom. The number of Topliss-reactive ketones (excluding diaryl/α,β-unsaturated/α-hetero) is 1. The second kappa shape index (κ2) is 9.50. The molecule has 0 amide bonds. The highest BCUT2D eigenvalue weighted by atomic mass is 16.6. The predicted octanol–water partition coefficient (Wildman–Crippen LogP) is 4.54. The van der Waals surface area contributed by atoms with Crippen LogP contribution in [0.1, 0.15) is 54.8 Å². The summed E-state index contributed by atoms with van der Waals surface area (Å²) in [6.45, 7) is 7.60. The largest absolute Gasteiger partial charge is 0.461 e. The Hall–Kier alpha value is -3.55. The van der Waals surface area contributed by atoms with Gasteiger partial charge in [0, 0.05) is 11.3 Å². The molecule has 2 bridgehead atoms. The molecule has 0 aromatic heterocycles. The Bertz CT molecular complexity index is 1460. The van der Waals surface area contributed by atoms with E-state index in [1.165, 1.54) is 0 Å². The average molecular weight is 557 g/mol. The zero-order valence-electron chi connectivity index (χ0n) is 23.7. The molecule has 7 nitrogen and oxygen atoms in total. The topological polar surface area (TPSA) is 110 Å². The molecule has 214 valence electrons. The van der Waals surface area contributed by atoms with Crippen molar-refractivity contribution in [2.24, 2.45) is 34.5 Å². The van der Waals surface area contributed by atoms with Crippen molar-refractivity contribution in [3.05, 3.63) is 95.1 Å². The van der Waals surface area contributed by atoms with Crippen LogP contribution in [-0.4, -0.2) is 52.4 Å². The molecule has 4 aliphatic rings. The summed E-state index contributed by atoms with van der Waals surface area (Å²) >= 11 is 0. The number of benzene rings is 2. The molecule has 4 aliphatic carbocycles. The number of aliphatic hydroxyl groups is 2. The molecule has 9 atom stereocenters. The van der Waals surface area contributed by atoms with Gasteiger partial charge in [-0.3, -0.25) is 4.79 Å². The van der Waals surface area contributed by atoms with Crippen molar-refractivity contribution in [3.63, 3.8) is 0 Å². The molecule has 41 heavy (non-hydrogen) atoms. The third-order valence-electron chi connectivity index (χ3n) is 10.4. The minimum Gasteiger partial charge on any atom is -0.461 e. The molecule has 1 spiro atoms. The van der Waals surface area contributed by atoms with Gasteiger partial charge in [0.25, 0.3) is 0 Å². The van der Waals surface area contributed by atoms with Gasteiger partial charge in [-0.05, 0) is 73.4 Å². The number of ketones is 1. The average Bonchev–Trinajstić information content (AvgIpc) is 3.51. The maximum Gasteiger partial charge on any atom is 0.338 e. The van der Waals surface area contributed by atoms with Crippen LogP contribution in [0.4, 0.5) is 0 Å². The fourth-order valence-electron chi connectivity index (χ4n) is 8.23. The minimum atomic E-state index is -2.07. The van der Waals surface area contributed by atoms with Crippen LogP contribution in [0.25, 0.3) is 0 Å². The Kier molecular flexibility index (Phi) is 6.40. The lowest BCUT2D eigenvalue weighted by Gasteiger charge is -2.48. The van der Waals surface area contributed by atoms with E-state index in [0.717, 1.165) is 0 Å². The number of fused-ring (bicyclic) bond motifs is 3. The highest BCUT2D eigenvalue weighted by Gasteiger charge is 2.77. The third kappa shape index (κ3) is 3.82. The molecule has 2 fully saturated rings. The van der Waals surface area contributed by atoms with Crippen LogP contribution in [0.3, 0.4) is 0 Å². The molecular weight excluding hydrogens is 520 g/mol. The first kappa shape index (κ1) is 27.6. The number of aliphatic hydroxyl groups excluding tert-OH is 1. The molecule has 2 saturated carbocycles.